The largest absolute Gasteiger partial charge is 0.336 e. The molecule has 1 atom stereocenters. The molecule has 0 aromatic carbocycles. The monoisotopic (exact) mass is 325 g/mol. The van der Waals surface area contributed by atoms with Crippen molar-refractivity contribution >= 4 is 46.9 Å². The van der Waals surface area contributed by atoms with Crippen molar-refractivity contribution in [1.29, 1.82) is 0 Å². The van der Waals surface area contributed by atoms with Gasteiger partial charge in [-0.05, 0) is 24.6 Å². The molecule has 1 aromatic heterocycles. The molecule has 1 spiro atoms. The second kappa shape index (κ2) is 5.16. The van der Waals surface area contributed by atoms with Crippen LogP contribution in [0.1, 0.15) is 11.3 Å². The molecule has 1 unspecified atom stereocenters. The summed E-state index contributed by atoms with van der Waals surface area (Å²) in [6.45, 7) is 0.626. The molecular formula is C13H12ClN3O3S. The van der Waals surface area contributed by atoms with Gasteiger partial charge < -0.3 is 10.2 Å². The Bertz CT molecular complexity index is 657. The predicted molar refractivity (Wildman–Crippen MR) is 79.0 cm³/mol. The number of likely N-dealkylation sites (tertiary alicyclic amines) is 1. The molecule has 8 heteroatoms. The molecule has 2 saturated heterocycles. The highest BCUT2D eigenvalue weighted by molar-refractivity contribution is 7.17. The van der Waals surface area contributed by atoms with Crippen LogP contribution >= 0.6 is 22.9 Å². The fourth-order valence-electron chi connectivity index (χ4n) is 2.49. The van der Waals surface area contributed by atoms with Crippen molar-refractivity contribution in [3.63, 3.8) is 0 Å². The molecule has 0 aliphatic carbocycles. The van der Waals surface area contributed by atoms with E-state index in [0.29, 0.717) is 17.3 Å². The van der Waals surface area contributed by atoms with Crippen LogP contribution in [-0.2, 0) is 9.59 Å². The van der Waals surface area contributed by atoms with E-state index < -0.39 is 11.6 Å². The zero-order chi connectivity index (χ0) is 15.0. The van der Waals surface area contributed by atoms with Gasteiger partial charge in [-0.1, -0.05) is 11.6 Å². The van der Waals surface area contributed by atoms with E-state index in [9.17, 15) is 14.4 Å². The molecule has 1 aromatic rings. The number of thiophene rings is 1. The Morgan fingerprint density at radius 3 is 2.86 bits per heavy atom. The molecule has 0 bridgehead atoms. The highest BCUT2D eigenvalue weighted by Crippen LogP contribution is 2.26. The molecule has 2 N–H and O–H groups in total. The Morgan fingerprint density at radius 2 is 2.24 bits per heavy atom. The molecule has 21 heavy (non-hydrogen) atoms. The number of hydrogen-bond donors (Lipinski definition) is 2. The second-order valence-corrected chi connectivity index (χ2v) is 6.72. The van der Waals surface area contributed by atoms with Crippen LogP contribution in [0.25, 0.3) is 6.08 Å². The molecule has 3 heterocycles. The van der Waals surface area contributed by atoms with Gasteiger partial charge in [-0.25, -0.2) is 4.79 Å². The number of nitrogens with one attached hydrogen (secondary N) is 2. The van der Waals surface area contributed by atoms with E-state index in [1.54, 1.807) is 17.0 Å². The maximum atomic E-state index is 12.1. The molecule has 6 nitrogen and oxygen atoms in total. The van der Waals surface area contributed by atoms with Crippen LogP contribution in [0.4, 0.5) is 4.79 Å². The van der Waals surface area contributed by atoms with Gasteiger partial charge in [0.2, 0.25) is 5.91 Å². The Balaban J connectivity index is 1.66. The third kappa shape index (κ3) is 2.66. The average molecular weight is 326 g/mol. The maximum Gasteiger partial charge on any atom is 0.322 e. The van der Waals surface area contributed by atoms with E-state index in [2.05, 4.69) is 10.6 Å². The summed E-state index contributed by atoms with van der Waals surface area (Å²) >= 11 is 7.20. The Morgan fingerprint density at radius 1 is 1.43 bits per heavy atom. The van der Waals surface area contributed by atoms with Crippen LogP contribution in [0.2, 0.25) is 4.34 Å². The van der Waals surface area contributed by atoms with E-state index in [4.69, 9.17) is 11.6 Å². The lowest BCUT2D eigenvalue weighted by atomic mass is 10.00. The summed E-state index contributed by atoms with van der Waals surface area (Å²) in [6.07, 6.45) is 3.57. The second-order valence-electron chi connectivity index (χ2n) is 4.98. The Hall–Kier alpha value is -1.86. The average Bonchev–Trinajstić information content (AvgIpc) is 3.09. The lowest BCUT2D eigenvalue weighted by Crippen LogP contribution is -2.49. The SMILES string of the molecule is O=C1NC(=O)C2(CCN(C(=O)/C=C/c3ccc(Cl)s3)C2)N1. The molecule has 110 valence electrons. The summed E-state index contributed by atoms with van der Waals surface area (Å²) in [4.78, 5) is 37.6. The molecule has 2 aliphatic rings. The highest BCUT2D eigenvalue weighted by atomic mass is 35.5. The predicted octanol–water partition coefficient (Wildman–Crippen LogP) is 1.23. The van der Waals surface area contributed by atoms with E-state index in [1.165, 1.54) is 17.4 Å². The standard InChI is InChI=1S/C13H12ClN3O3S/c14-9-3-1-8(21-9)2-4-10(18)17-6-5-13(7-17)11(19)15-12(20)16-13/h1-4H,5-7H2,(H2,15,16,19,20)/b4-2+. The Labute approximate surface area is 129 Å². The summed E-state index contributed by atoms with van der Waals surface area (Å²) in [7, 11) is 0. The first-order valence-electron chi connectivity index (χ1n) is 6.34. The van der Waals surface area contributed by atoms with Gasteiger partial charge >= 0.3 is 6.03 Å². The number of carbonyl (C=O) groups is 3. The van der Waals surface area contributed by atoms with Gasteiger partial charge in [0.1, 0.15) is 5.54 Å². The fraction of sp³-hybridized carbons (Fsp3) is 0.308. The summed E-state index contributed by atoms with van der Waals surface area (Å²) in [6, 6.07) is 3.09. The minimum Gasteiger partial charge on any atom is -0.336 e. The first-order valence-corrected chi connectivity index (χ1v) is 7.54. The van der Waals surface area contributed by atoms with Crippen LogP contribution in [-0.4, -0.2) is 41.4 Å². The van der Waals surface area contributed by atoms with Crippen molar-refractivity contribution in [2.24, 2.45) is 0 Å². The van der Waals surface area contributed by atoms with Gasteiger partial charge in [0.15, 0.2) is 0 Å². The van der Waals surface area contributed by atoms with Crippen LogP contribution in [0.15, 0.2) is 18.2 Å². The topological polar surface area (TPSA) is 78.5 Å². The lowest BCUT2D eigenvalue weighted by Gasteiger charge is -2.20. The normalized spacial score (nSPS) is 24.9. The number of urea groups is 1. The number of rotatable bonds is 2. The molecule has 2 aliphatic heterocycles. The minimum absolute atomic E-state index is 0.189. The van der Waals surface area contributed by atoms with Gasteiger partial charge in [-0.3, -0.25) is 14.9 Å². The molecule has 0 saturated carbocycles. The number of nitrogens with zero attached hydrogens (tertiary/aromatic N) is 1. The maximum absolute atomic E-state index is 12.1. The summed E-state index contributed by atoms with van der Waals surface area (Å²) in [5.74, 6) is -0.554. The highest BCUT2D eigenvalue weighted by Gasteiger charge is 2.51. The van der Waals surface area contributed by atoms with Crippen molar-refractivity contribution in [1.82, 2.24) is 15.5 Å². The summed E-state index contributed by atoms with van der Waals surface area (Å²) in [5.41, 5.74) is -0.965. The third-order valence-electron chi connectivity index (χ3n) is 3.58. The Kier molecular flexibility index (Phi) is 3.46. The molecule has 0 radical (unpaired) electrons. The van der Waals surface area contributed by atoms with Crippen molar-refractivity contribution in [2.75, 3.05) is 13.1 Å². The van der Waals surface area contributed by atoms with Crippen LogP contribution in [0.3, 0.4) is 0 Å². The van der Waals surface area contributed by atoms with E-state index in [0.717, 1.165) is 4.88 Å². The van der Waals surface area contributed by atoms with Crippen LogP contribution in [0, 0.1) is 0 Å². The van der Waals surface area contributed by atoms with E-state index >= 15 is 0 Å². The van der Waals surface area contributed by atoms with Gasteiger partial charge in [0.05, 0.1) is 10.9 Å². The fourth-order valence-corrected chi connectivity index (χ4v) is 3.45. The van der Waals surface area contributed by atoms with Crippen LogP contribution in [0.5, 0.6) is 0 Å². The number of imide groups is 1. The zero-order valence-electron chi connectivity index (χ0n) is 10.9. The molecule has 4 amide bonds. The third-order valence-corrected chi connectivity index (χ3v) is 4.78. The molecule has 2 fully saturated rings. The number of carbonyl (C=O) groups excluding carboxylic acids is 3. The zero-order valence-corrected chi connectivity index (χ0v) is 12.5. The van der Waals surface area contributed by atoms with Gasteiger partial charge in [0, 0.05) is 17.5 Å². The van der Waals surface area contributed by atoms with Crippen molar-refractivity contribution in [3.8, 4) is 0 Å². The van der Waals surface area contributed by atoms with Crippen molar-refractivity contribution < 1.29 is 14.4 Å². The number of halogens is 1. The van der Waals surface area contributed by atoms with Gasteiger partial charge in [-0.2, -0.15) is 0 Å². The first-order chi connectivity index (χ1) is 9.98. The van der Waals surface area contributed by atoms with Crippen molar-refractivity contribution in [2.45, 2.75) is 12.0 Å². The molecular weight excluding hydrogens is 314 g/mol. The quantitative estimate of drug-likeness (QED) is 0.634. The van der Waals surface area contributed by atoms with E-state index in [1.807, 2.05) is 6.07 Å². The van der Waals surface area contributed by atoms with Gasteiger partial charge in [-0.15, -0.1) is 11.3 Å². The first kappa shape index (κ1) is 14.1. The summed E-state index contributed by atoms with van der Waals surface area (Å²) in [5, 5.41) is 4.82. The van der Waals surface area contributed by atoms with Crippen LogP contribution < -0.4 is 10.6 Å². The van der Waals surface area contributed by atoms with Crippen molar-refractivity contribution in [3.05, 3.63) is 27.4 Å². The lowest BCUT2D eigenvalue weighted by molar-refractivity contribution is -0.126. The minimum atomic E-state index is -0.965. The number of hydrogen-bond acceptors (Lipinski definition) is 4. The number of amides is 4. The molecule has 3 rings (SSSR count). The van der Waals surface area contributed by atoms with E-state index in [-0.39, 0.29) is 18.4 Å². The summed E-state index contributed by atoms with van der Waals surface area (Å²) < 4.78 is 0.660. The van der Waals surface area contributed by atoms with Gasteiger partial charge in [0.25, 0.3) is 5.91 Å². The smallest absolute Gasteiger partial charge is 0.322 e.